The molecule has 1 aliphatic rings. The Morgan fingerprint density at radius 3 is 2.36 bits per heavy atom. The molecule has 1 aromatic heterocycles. The number of fused-ring (bicyclic) bond motifs is 1. The van der Waals surface area contributed by atoms with Crippen LogP contribution in [0.2, 0.25) is 0 Å². The number of hydrogen-bond acceptors (Lipinski definition) is 6. The van der Waals surface area contributed by atoms with E-state index >= 15 is 0 Å². The predicted molar refractivity (Wildman–Crippen MR) is 165 cm³/mol. The highest BCUT2D eigenvalue weighted by Gasteiger charge is 2.34. The summed E-state index contributed by atoms with van der Waals surface area (Å²) >= 11 is 0. The van der Waals surface area contributed by atoms with E-state index in [1.54, 1.807) is 37.4 Å². The van der Waals surface area contributed by atoms with Gasteiger partial charge in [-0.2, -0.15) is 4.31 Å². The average Bonchev–Trinajstić information content (AvgIpc) is 3.34. The first-order valence-corrected chi connectivity index (χ1v) is 17.0. The molecule has 1 saturated heterocycles. The third kappa shape index (κ3) is 5.56. The molecular formula is C31H35N3O6S2. The van der Waals surface area contributed by atoms with Gasteiger partial charge >= 0.3 is 0 Å². The molecule has 1 N–H and O–H groups in total. The summed E-state index contributed by atoms with van der Waals surface area (Å²) in [6.07, 6.45) is 2.36. The molecule has 0 aliphatic carbocycles. The van der Waals surface area contributed by atoms with Crippen molar-refractivity contribution in [3.8, 4) is 11.3 Å². The minimum atomic E-state index is -3.77. The highest BCUT2D eigenvalue weighted by molar-refractivity contribution is 7.92. The fraction of sp³-hybridized carbons (Fsp3) is 0.323. The standard InChI is InChI=1S/C31H35N3O6S2/c1-20-11-13-22(14-12-20)30-29(31(35)32-3)26-17-25(27(18-28(26)40-30)33(4)41(5,36)37)23-9-7-15-34(19-23)42(38,39)24-10-6-8-21(2)16-24/h6,8,10-14,16-18,23H,7,9,15,19H2,1-5H3,(H,32,35)/t23-/m1/s1. The molecule has 0 saturated carbocycles. The summed E-state index contributed by atoms with van der Waals surface area (Å²) in [6.45, 7) is 4.35. The molecule has 0 radical (unpaired) electrons. The van der Waals surface area contributed by atoms with Gasteiger partial charge in [-0.3, -0.25) is 9.10 Å². The zero-order valence-corrected chi connectivity index (χ0v) is 26.0. The number of nitrogens with zero attached hydrogens (tertiary/aromatic N) is 2. The van der Waals surface area contributed by atoms with E-state index in [1.165, 1.54) is 15.7 Å². The van der Waals surface area contributed by atoms with E-state index in [0.717, 1.165) is 17.4 Å². The Hall–Kier alpha value is -3.67. The van der Waals surface area contributed by atoms with Crippen LogP contribution < -0.4 is 9.62 Å². The molecule has 9 nitrogen and oxygen atoms in total. The van der Waals surface area contributed by atoms with Gasteiger partial charge in [0.2, 0.25) is 20.0 Å². The van der Waals surface area contributed by atoms with Crippen LogP contribution in [-0.2, 0) is 20.0 Å². The van der Waals surface area contributed by atoms with E-state index in [4.69, 9.17) is 4.42 Å². The van der Waals surface area contributed by atoms with E-state index < -0.39 is 20.0 Å². The number of amides is 1. The Balaban J connectivity index is 1.68. The minimum absolute atomic E-state index is 0.171. The van der Waals surface area contributed by atoms with Gasteiger partial charge in [-0.25, -0.2) is 16.8 Å². The number of carbonyl (C=O) groups excluding carboxylic acids is 1. The van der Waals surface area contributed by atoms with Crippen molar-refractivity contribution in [2.24, 2.45) is 0 Å². The molecule has 0 unspecified atom stereocenters. The largest absolute Gasteiger partial charge is 0.455 e. The number of aryl methyl sites for hydroxylation is 2. The lowest BCUT2D eigenvalue weighted by Gasteiger charge is -2.34. The first kappa shape index (κ1) is 29.8. The van der Waals surface area contributed by atoms with Gasteiger partial charge in [-0.05, 0) is 61.9 Å². The molecule has 4 aromatic rings. The smallest absolute Gasteiger partial charge is 0.255 e. The van der Waals surface area contributed by atoms with Gasteiger partial charge in [0.25, 0.3) is 5.91 Å². The second-order valence-electron chi connectivity index (χ2n) is 10.9. The number of sulfonamides is 2. The van der Waals surface area contributed by atoms with Crippen molar-refractivity contribution in [2.45, 2.75) is 37.5 Å². The molecule has 1 amide bonds. The molecule has 42 heavy (non-hydrogen) atoms. The van der Waals surface area contributed by atoms with Crippen LogP contribution in [0.3, 0.4) is 0 Å². The lowest BCUT2D eigenvalue weighted by atomic mass is 9.89. The molecule has 1 aliphatic heterocycles. The molecule has 222 valence electrons. The third-order valence-corrected chi connectivity index (χ3v) is 10.9. The van der Waals surface area contributed by atoms with E-state index in [9.17, 15) is 21.6 Å². The van der Waals surface area contributed by atoms with Crippen molar-refractivity contribution in [2.75, 3.05) is 37.7 Å². The monoisotopic (exact) mass is 609 g/mol. The zero-order chi connectivity index (χ0) is 30.4. The van der Waals surface area contributed by atoms with Crippen LogP contribution in [0.15, 0.2) is 70.0 Å². The van der Waals surface area contributed by atoms with E-state index in [2.05, 4.69) is 5.32 Å². The fourth-order valence-electron chi connectivity index (χ4n) is 5.53. The van der Waals surface area contributed by atoms with Gasteiger partial charge < -0.3 is 9.73 Å². The summed E-state index contributed by atoms with van der Waals surface area (Å²) in [5.74, 6) is -0.286. The topological polar surface area (TPSA) is 117 Å². The number of anilines is 1. The first-order chi connectivity index (χ1) is 19.8. The van der Waals surface area contributed by atoms with Crippen LogP contribution >= 0.6 is 0 Å². The van der Waals surface area contributed by atoms with Crippen LogP contribution in [0.5, 0.6) is 0 Å². The quantitative estimate of drug-likeness (QED) is 0.314. The molecule has 11 heteroatoms. The first-order valence-electron chi connectivity index (χ1n) is 13.7. The zero-order valence-electron chi connectivity index (χ0n) is 24.3. The Morgan fingerprint density at radius 1 is 1.00 bits per heavy atom. The highest BCUT2D eigenvalue weighted by Crippen LogP contribution is 2.42. The Labute approximate surface area is 247 Å². The molecule has 1 atom stereocenters. The number of piperidine rings is 1. The molecular weight excluding hydrogens is 574 g/mol. The number of benzene rings is 3. The van der Waals surface area contributed by atoms with E-state index in [0.29, 0.717) is 58.5 Å². The SMILES string of the molecule is CNC(=O)c1c(-c2ccc(C)cc2)oc2cc(N(C)S(C)(=O)=O)c([C@@H]3CCCN(S(=O)(=O)c4cccc(C)c4)C3)cc12. The predicted octanol–water partition coefficient (Wildman–Crippen LogP) is 5.04. The lowest BCUT2D eigenvalue weighted by molar-refractivity contribution is 0.0964. The van der Waals surface area contributed by atoms with Crippen LogP contribution in [0.25, 0.3) is 22.3 Å². The highest BCUT2D eigenvalue weighted by atomic mass is 32.2. The van der Waals surface area contributed by atoms with Gasteiger partial charge in [0.1, 0.15) is 11.3 Å². The van der Waals surface area contributed by atoms with Crippen molar-refractivity contribution < 1.29 is 26.0 Å². The Morgan fingerprint density at radius 2 is 1.71 bits per heavy atom. The molecule has 5 rings (SSSR count). The number of hydrogen-bond donors (Lipinski definition) is 1. The van der Waals surface area contributed by atoms with Gasteiger partial charge in [-0.15, -0.1) is 0 Å². The maximum Gasteiger partial charge on any atom is 0.255 e. The molecule has 0 bridgehead atoms. The number of nitrogens with one attached hydrogen (secondary N) is 1. The van der Waals surface area contributed by atoms with E-state index in [1.807, 2.05) is 44.2 Å². The summed E-state index contributed by atoms with van der Waals surface area (Å²) in [5, 5.41) is 3.23. The van der Waals surface area contributed by atoms with Crippen LogP contribution in [0.1, 0.15) is 45.8 Å². The van der Waals surface area contributed by atoms with Crippen molar-refractivity contribution in [3.05, 3.63) is 82.9 Å². The number of furan rings is 1. The minimum Gasteiger partial charge on any atom is -0.455 e. The van der Waals surface area contributed by atoms with Crippen LogP contribution in [0, 0.1) is 13.8 Å². The van der Waals surface area contributed by atoms with E-state index in [-0.39, 0.29) is 23.3 Å². The van der Waals surface area contributed by atoms with Crippen LogP contribution in [0.4, 0.5) is 5.69 Å². The van der Waals surface area contributed by atoms with Gasteiger partial charge in [-0.1, -0.05) is 42.0 Å². The summed E-state index contributed by atoms with van der Waals surface area (Å²) in [6, 6.07) is 17.9. The number of carbonyl (C=O) groups is 1. The maximum atomic E-state index is 13.6. The van der Waals surface area contributed by atoms with Gasteiger partial charge in [0.05, 0.1) is 22.4 Å². The summed E-state index contributed by atoms with van der Waals surface area (Å²) < 4.78 is 61.6. The summed E-state index contributed by atoms with van der Waals surface area (Å²) in [5.41, 5.74) is 4.34. The summed E-state index contributed by atoms with van der Waals surface area (Å²) in [7, 11) is -4.44. The fourth-order valence-corrected chi connectivity index (χ4v) is 7.67. The average molecular weight is 610 g/mol. The van der Waals surface area contributed by atoms with Gasteiger partial charge in [0.15, 0.2) is 0 Å². The third-order valence-electron chi connectivity index (χ3n) is 7.89. The second-order valence-corrected chi connectivity index (χ2v) is 14.9. The van der Waals surface area contributed by atoms with Gasteiger partial charge in [0, 0.05) is 44.2 Å². The summed E-state index contributed by atoms with van der Waals surface area (Å²) in [4.78, 5) is 13.4. The maximum absolute atomic E-state index is 13.6. The Bertz CT molecular complexity index is 1880. The molecule has 1 fully saturated rings. The second kappa shape index (κ2) is 11.2. The van der Waals surface area contributed by atoms with Crippen molar-refractivity contribution in [3.63, 3.8) is 0 Å². The molecule has 0 spiro atoms. The van der Waals surface area contributed by atoms with Crippen molar-refractivity contribution >= 4 is 42.6 Å². The normalized spacial score (nSPS) is 16.5. The van der Waals surface area contributed by atoms with Crippen LogP contribution in [-0.4, -0.2) is 60.5 Å². The Kier molecular flexibility index (Phi) is 7.95. The number of rotatable bonds is 7. The molecule has 2 heterocycles. The molecule has 3 aromatic carbocycles. The van der Waals surface area contributed by atoms with Crippen molar-refractivity contribution in [1.29, 1.82) is 0 Å². The van der Waals surface area contributed by atoms with Crippen molar-refractivity contribution in [1.82, 2.24) is 9.62 Å². The lowest BCUT2D eigenvalue weighted by Crippen LogP contribution is -2.39.